The summed E-state index contributed by atoms with van der Waals surface area (Å²) in [5.41, 5.74) is 0. The van der Waals surface area contributed by atoms with Gasteiger partial charge in [-0.2, -0.15) is 0 Å². The van der Waals surface area contributed by atoms with Crippen LogP contribution in [0.5, 0.6) is 0 Å². The van der Waals surface area contributed by atoms with E-state index < -0.39 is 0 Å². The highest BCUT2D eigenvalue weighted by atomic mass is 16.3. The largest absolute Gasteiger partial charge is 0.389 e. The monoisotopic (exact) mass is 196 g/mol. The quantitative estimate of drug-likeness (QED) is 0.416. The third-order valence-corrected chi connectivity index (χ3v) is 2.43. The molecule has 1 N–H and O–H groups in total. The molecule has 0 radical (unpaired) electrons. The van der Waals surface area contributed by atoms with Crippen LogP contribution in [-0.4, -0.2) is 11.2 Å². The van der Waals surface area contributed by atoms with Crippen LogP contribution < -0.4 is 0 Å². The maximum Gasteiger partial charge on any atom is 0.0718 e. The first-order valence-electron chi connectivity index (χ1n) is 5.72. The highest BCUT2D eigenvalue weighted by Crippen LogP contribution is 2.10. The summed E-state index contributed by atoms with van der Waals surface area (Å²) in [6.45, 7) is 7.25. The molecular weight excluding hydrogens is 172 g/mol. The molecule has 0 aromatic rings. The molecular formula is C13H24O. The molecule has 0 aliphatic rings. The van der Waals surface area contributed by atoms with Crippen molar-refractivity contribution in [3.05, 3.63) is 25.3 Å². The first kappa shape index (κ1) is 13.4. The highest BCUT2D eigenvalue weighted by Gasteiger charge is 1.97. The van der Waals surface area contributed by atoms with Gasteiger partial charge in [-0.15, -0.1) is 13.2 Å². The molecule has 1 nitrogen and oxygen atoms in total. The van der Waals surface area contributed by atoms with Crippen LogP contribution in [0.4, 0.5) is 0 Å². The lowest BCUT2D eigenvalue weighted by Crippen LogP contribution is -2.00. The molecule has 0 unspecified atom stereocenters. The Bertz CT molecular complexity index is 140. The zero-order chi connectivity index (χ0) is 10.6. The van der Waals surface area contributed by atoms with Crippen molar-refractivity contribution in [3.8, 4) is 0 Å². The number of aliphatic hydroxyl groups excluding tert-OH is 1. The normalized spacial score (nSPS) is 12.4. The first-order valence-corrected chi connectivity index (χ1v) is 5.72. The molecule has 0 amide bonds. The maximum absolute atomic E-state index is 9.20. The molecule has 0 aromatic carbocycles. The van der Waals surface area contributed by atoms with E-state index in [1.54, 1.807) is 6.08 Å². The van der Waals surface area contributed by atoms with Crippen molar-refractivity contribution in [2.75, 3.05) is 0 Å². The van der Waals surface area contributed by atoms with Gasteiger partial charge in [0.2, 0.25) is 0 Å². The Balaban J connectivity index is 2.98. The summed E-state index contributed by atoms with van der Waals surface area (Å²) in [4.78, 5) is 0. The lowest BCUT2D eigenvalue weighted by atomic mass is 10.1. The van der Waals surface area contributed by atoms with Crippen molar-refractivity contribution in [1.29, 1.82) is 0 Å². The van der Waals surface area contributed by atoms with Crippen molar-refractivity contribution in [2.45, 2.75) is 57.5 Å². The zero-order valence-corrected chi connectivity index (χ0v) is 9.25. The molecule has 0 aliphatic carbocycles. The third-order valence-electron chi connectivity index (χ3n) is 2.43. The Morgan fingerprint density at radius 2 is 1.50 bits per heavy atom. The van der Waals surface area contributed by atoms with Crippen molar-refractivity contribution in [3.63, 3.8) is 0 Å². The molecule has 0 aliphatic heterocycles. The van der Waals surface area contributed by atoms with E-state index in [1.807, 2.05) is 6.08 Å². The lowest BCUT2D eigenvalue weighted by Gasteiger charge is -2.04. The van der Waals surface area contributed by atoms with Crippen molar-refractivity contribution in [1.82, 2.24) is 0 Å². The topological polar surface area (TPSA) is 20.2 Å². The van der Waals surface area contributed by atoms with Gasteiger partial charge in [-0.05, 0) is 19.3 Å². The van der Waals surface area contributed by atoms with Gasteiger partial charge in [-0.3, -0.25) is 0 Å². The van der Waals surface area contributed by atoms with Crippen LogP contribution in [0.2, 0.25) is 0 Å². The molecule has 0 saturated heterocycles. The fourth-order valence-electron chi connectivity index (χ4n) is 1.47. The predicted octanol–water partition coefficient (Wildman–Crippen LogP) is 3.84. The fraction of sp³-hybridized carbons (Fsp3) is 0.692. The summed E-state index contributed by atoms with van der Waals surface area (Å²) in [6.07, 6.45) is 12.9. The second kappa shape index (κ2) is 10.5. The number of hydrogen-bond acceptors (Lipinski definition) is 1. The van der Waals surface area contributed by atoms with Gasteiger partial charge in [-0.1, -0.05) is 44.3 Å². The molecule has 0 aromatic heterocycles. The molecule has 0 rings (SSSR count). The minimum atomic E-state index is -0.296. The number of aliphatic hydroxyl groups is 1. The van der Waals surface area contributed by atoms with Gasteiger partial charge in [0.25, 0.3) is 0 Å². The Hall–Kier alpha value is -0.560. The Morgan fingerprint density at radius 1 is 0.929 bits per heavy atom. The summed E-state index contributed by atoms with van der Waals surface area (Å²) < 4.78 is 0. The van der Waals surface area contributed by atoms with E-state index >= 15 is 0 Å². The van der Waals surface area contributed by atoms with Gasteiger partial charge in [0, 0.05) is 0 Å². The number of allylic oxidation sites excluding steroid dienone is 1. The SMILES string of the molecule is C=CCCCCCCCC[C@@H](O)C=C. The van der Waals surface area contributed by atoms with E-state index in [-0.39, 0.29) is 6.10 Å². The Morgan fingerprint density at radius 3 is 2.07 bits per heavy atom. The smallest absolute Gasteiger partial charge is 0.0718 e. The van der Waals surface area contributed by atoms with Gasteiger partial charge in [-0.25, -0.2) is 0 Å². The van der Waals surface area contributed by atoms with Gasteiger partial charge in [0.1, 0.15) is 0 Å². The van der Waals surface area contributed by atoms with Crippen molar-refractivity contribution < 1.29 is 5.11 Å². The zero-order valence-electron chi connectivity index (χ0n) is 9.25. The standard InChI is InChI=1S/C13H24O/c1-3-5-6-7-8-9-10-11-12-13(14)4-2/h3-4,13-14H,1-2,5-12H2/t13-/m0/s1. The molecule has 0 heterocycles. The average molecular weight is 196 g/mol. The van der Waals surface area contributed by atoms with Crippen molar-refractivity contribution >= 4 is 0 Å². The van der Waals surface area contributed by atoms with E-state index in [1.165, 1.54) is 32.1 Å². The molecule has 0 bridgehead atoms. The molecule has 14 heavy (non-hydrogen) atoms. The van der Waals surface area contributed by atoms with Crippen LogP contribution in [0.3, 0.4) is 0 Å². The molecule has 1 heteroatoms. The van der Waals surface area contributed by atoms with Crippen LogP contribution in [0.1, 0.15) is 51.4 Å². The number of rotatable bonds is 10. The van der Waals surface area contributed by atoms with E-state index in [0.717, 1.165) is 19.3 Å². The third kappa shape index (κ3) is 9.53. The summed E-state index contributed by atoms with van der Waals surface area (Å²) in [7, 11) is 0. The number of hydrogen-bond donors (Lipinski definition) is 1. The Kier molecular flexibility index (Phi) is 10.1. The van der Waals surface area contributed by atoms with Crippen LogP contribution in [0.25, 0.3) is 0 Å². The number of unbranched alkanes of at least 4 members (excludes halogenated alkanes) is 6. The van der Waals surface area contributed by atoms with Gasteiger partial charge >= 0.3 is 0 Å². The van der Waals surface area contributed by atoms with Crippen LogP contribution in [0.15, 0.2) is 25.3 Å². The van der Waals surface area contributed by atoms with Crippen molar-refractivity contribution in [2.24, 2.45) is 0 Å². The van der Waals surface area contributed by atoms with E-state index in [4.69, 9.17) is 0 Å². The summed E-state index contributed by atoms with van der Waals surface area (Å²) in [6, 6.07) is 0. The minimum absolute atomic E-state index is 0.296. The second-order valence-electron chi connectivity index (χ2n) is 3.79. The summed E-state index contributed by atoms with van der Waals surface area (Å²) in [5.74, 6) is 0. The van der Waals surface area contributed by atoms with Crippen LogP contribution >= 0.6 is 0 Å². The second-order valence-corrected chi connectivity index (χ2v) is 3.79. The molecule has 0 saturated carbocycles. The Labute approximate surface area is 88.5 Å². The predicted molar refractivity (Wildman–Crippen MR) is 63.3 cm³/mol. The molecule has 82 valence electrons. The van der Waals surface area contributed by atoms with Crippen LogP contribution in [-0.2, 0) is 0 Å². The molecule has 0 fully saturated rings. The van der Waals surface area contributed by atoms with Gasteiger partial charge in [0.15, 0.2) is 0 Å². The first-order chi connectivity index (χ1) is 6.81. The minimum Gasteiger partial charge on any atom is -0.389 e. The summed E-state index contributed by atoms with van der Waals surface area (Å²) in [5, 5.41) is 9.20. The highest BCUT2D eigenvalue weighted by molar-refractivity contribution is 4.77. The average Bonchev–Trinajstić information content (AvgIpc) is 2.21. The molecule has 1 atom stereocenters. The van der Waals surface area contributed by atoms with E-state index in [9.17, 15) is 5.11 Å². The van der Waals surface area contributed by atoms with E-state index in [0.29, 0.717) is 0 Å². The lowest BCUT2D eigenvalue weighted by molar-refractivity contribution is 0.208. The fourth-order valence-corrected chi connectivity index (χ4v) is 1.47. The summed E-state index contributed by atoms with van der Waals surface area (Å²) >= 11 is 0. The van der Waals surface area contributed by atoms with E-state index in [2.05, 4.69) is 13.2 Å². The van der Waals surface area contributed by atoms with Gasteiger partial charge in [0.05, 0.1) is 6.10 Å². The molecule has 0 spiro atoms. The van der Waals surface area contributed by atoms with Crippen LogP contribution in [0, 0.1) is 0 Å². The maximum atomic E-state index is 9.20. The van der Waals surface area contributed by atoms with Gasteiger partial charge < -0.3 is 5.11 Å².